The summed E-state index contributed by atoms with van der Waals surface area (Å²) in [5, 5.41) is 10.7. The van der Waals surface area contributed by atoms with E-state index >= 15 is 0 Å². The van der Waals surface area contributed by atoms with Crippen LogP contribution in [0.15, 0.2) is 42.5 Å². The molecule has 1 fully saturated rings. The molecule has 0 spiro atoms. The van der Waals surface area contributed by atoms with E-state index in [4.69, 9.17) is 11.6 Å². The lowest BCUT2D eigenvalue weighted by Crippen LogP contribution is -2.48. The number of rotatable bonds is 3. The minimum Gasteiger partial charge on any atom is -0.507 e. The Morgan fingerprint density at radius 1 is 1.12 bits per heavy atom. The van der Waals surface area contributed by atoms with Gasteiger partial charge in [0.2, 0.25) is 0 Å². The minimum absolute atomic E-state index is 0.0481. The molecule has 2 aromatic rings. The van der Waals surface area contributed by atoms with Crippen molar-refractivity contribution in [3.05, 3.63) is 64.2 Å². The molecule has 0 aromatic heterocycles. The molecule has 0 aliphatic carbocycles. The van der Waals surface area contributed by atoms with Crippen molar-refractivity contribution in [2.45, 2.75) is 13.5 Å². The van der Waals surface area contributed by atoms with E-state index in [2.05, 4.69) is 11.0 Å². The largest absolute Gasteiger partial charge is 0.507 e. The lowest BCUT2D eigenvalue weighted by atomic mass is 10.1. The first-order valence-corrected chi connectivity index (χ1v) is 8.46. The van der Waals surface area contributed by atoms with E-state index in [0.717, 1.165) is 30.2 Å². The number of hydrogen-bond acceptors (Lipinski definition) is 3. The van der Waals surface area contributed by atoms with Crippen LogP contribution in [-0.2, 0) is 6.54 Å². The fourth-order valence-electron chi connectivity index (χ4n) is 2.99. The van der Waals surface area contributed by atoms with Crippen LogP contribution < -0.4 is 0 Å². The SMILES string of the molecule is Cc1ccc(O)c(C(=O)N2CCN(Cc3cccc(Cl)c3)CC2)c1. The smallest absolute Gasteiger partial charge is 0.257 e. The van der Waals surface area contributed by atoms with Crippen LogP contribution in [0.1, 0.15) is 21.5 Å². The predicted molar refractivity (Wildman–Crippen MR) is 95.5 cm³/mol. The third-order valence-corrected chi connectivity index (χ3v) is 4.57. The zero-order valence-corrected chi connectivity index (χ0v) is 14.5. The second kappa shape index (κ2) is 7.24. The molecule has 1 heterocycles. The van der Waals surface area contributed by atoms with E-state index in [1.165, 1.54) is 5.56 Å². The summed E-state index contributed by atoms with van der Waals surface area (Å²) in [6.07, 6.45) is 0. The number of carbonyl (C=O) groups is 1. The van der Waals surface area contributed by atoms with E-state index in [1.807, 2.05) is 30.0 Å². The molecule has 3 rings (SSSR count). The molecule has 1 aliphatic rings. The molecule has 0 unspecified atom stereocenters. The number of hydrogen-bond donors (Lipinski definition) is 1. The number of aryl methyl sites for hydroxylation is 1. The maximum absolute atomic E-state index is 12.6. The molecule has 1 N–H and O–H groups in total. The van der Waals surface area contributed by atoms with Crippen LogP contribution in [0.5, 0.6) is 5.75 Å². The minimum atomic E-state index is -0.0985. The van der Waals surface area contributed by atoms with Gasteiger partial charge in [0.25, 0.3) is 5.91 Å². The number of phenolic OH excluding ortho intramolecular Hbond substituents is 1. The van der Waals surface area contributed by atoms with E-state index in [1.54, 1.807) is 18.2 Å². The van der Waals surface area contributed by atoms with Gasteiger partial charge in [-0.25, -0.2) is 0 Å². The Kier molecular flexibility index (Phi) is 5.07. The highest BCUT2D eigenvalue weighted by Crippen LogP contribution is 2.21. The summed E-state index contributed by atoms with van der Waals surface area (Å²) in [6.45, 7) is 5.69. The molecule has 0 radical (unpaired) electrons. The maximum atomic E-state index is 12.6. The molecular weight excluding hydrogens is 324 g/mol. The maximum Gasteiger partial charge on any atom is 0.257 e. The van der Waals surface area contributed by atoms with Crippen molar-refractivity contribution in [1.82, 2.24) is 9.80 Å². The van der Waals surface area contributed by atoms with Crippen LogP contribution in [-0.4, -0.2) is 47.0 Å². The van der Waals surface area contributed by atoms with Gasteiger partial charge in [-0.05, 0) is 36.8 Å². The van der Waals surface area contributed by atoms with Crippen molar-refractivity contribution in [1.29, 1.82) is 0 Å². The van der Waals surface area contributed by atoms with Gasteiger partial charge in [-0.1, -0.05) is 35.4 Å². The second-order valence-corrected chi connectivity index (χ2v) is 6.66. The fourth-order valence-corrected chi connectivity index (χ4v) is 3.21. The normalized spacial score (nSPS) is 15.5. The Morgan fingerprint density at radius 3 is 2.58 bits per heavy atom. The first-order valence-electron chi connectivity index (χ1n) is 8.08. The summed E-state index contributed by atoms with van der Waals surface area (Å²) in [6, 6.07) is 13.0. The summed E-state index contributed by atoms with van der Waals surface area (Å²) < 4.78 is 0. The van der Waals surface area contributed by atoms with Crippen molar-refractivity contribution in [3.63, 3.8) is 0 Å². The number of piperazine rings is 1. The average Bonchev–Trinajstić information content (AvgIpc) is 2.57. The summed E-state index contributed by atoms with van der Waals surface area (Å²) in [4.78, 5) is 16.7. The summed E-state index contributed by atoms with van der Waals surface area (Å²) in [5.74, 6) is -0.0504. The van der Waals surface area contributed by atoms with Crippen molar-refractivity contribution in [3.8, 4) is 5.75 Å². The summed E-state index contributed by atoms with van der Waals surface area (Å²) >= 11 is 6.03. The molecule has 1 amide bonds. The van der Waals surface area contributed by atoms with Gasteiger partial charge in [0, 0.05) is 37.7 Å². The Hall–Kier alpha value is -2.04. The average molecular weight is 345 g/mol. The van der Waals surface area contributed by atoms with Crippen molar-refractivity contribution < 1.29 is 9.90 Å². The van der Waals surface area contributed by atoms with E-state index < -0.39 is 0 Å². The Morgan fingerprint density at radius 2 is 1.88 bits per heavy atom. The van der Waals surface area contributed by atoms with Crippen molar-refractivity contribution >= 4 is 17.5 Å². The van der Waals surface area contributed by atoms with Gasteiger partial charge in [0.15, 0.2) is 0 Å². The highest BCUT2D eigenvalue weighted by Gasteiger charge is 2.24. The van der Waals surface area contributed by atoms with Crippen LogP contribution in [0, 0.1) is 6.92 Å². The summed E-state index contributed by atoms with van der Waals surface area (Å²) in [5.41, 5.74) is 2.53. The fraction of sp³-hybridized carbons (Fsp3) is 0.316. The molecular formula is C19H21ClN2O2. The van der Waals surface area contributed by atoms with E-state index in [-0.39, 0.29) is 11.7 Å². The van der Waals surface area contributed by atoms with Crippen LogP contribution in [0.4, 0.5) is 0 Å². The topological polar surface area (TPSA) is 43.8 Å². The monoisotopic (exact) mass is 344 g/mol. The molecule has 4 nitrogen and oxygen atoms in total. The lowest BCUT2D eigenvalue weighted by Gasteiger charge is -2.35. The Bertz CT molecular complexity index is 740. The highest BCUT2D eigenvalue weighted by molar-refractivity contribution is 6.30. The molecule has 1 saturated heterocycles. The zero-order chi connectivity index (χ0) is 17.1. The third-order valence-electron chi connectivity index (χ3n) is 4.34. The second-order valence-electron chi connectivity index (χ2n) is 6.22. The number of carbonyl (C=O) groups excluding carboxylic acids is 1. The number of phenols is 1. The van der Waals surface area contributed by atoms with Gasteiger partial charge in [-0.3, -0.25) is 9.69 Å². The number of aromatic hydroxyl groups is 1. The van der Waals surface area contributed by atoms with Gasteiger partial charge in [-0.15, -0.1) is 0 Å². The quantitative estimate of drug-likeness (QED) is 0.929. The summed E-state index contributed by atoms with van der Waals surface area (Å²) in [7, 11) is 0. The number of benzene rings is 2. The van der Waals surface area contributed by atoms with Crippen LogP contribution in [0.2, 0.25) is 5.02 Å². The Balaban J connectivity index is 1.60. The zero-order valence-electron chi connectivity index (χ0n) is 13.7. The van der Waals surface area contributed by atoms with E-state index in [0.29, 0.717) is 18.7 Å². The number of nitrogens with zero attached hydrogens (tertiary/aromatic N) is 2. The van der Waals surface area contributed by atoms with Crippen molar-refractivity contribution in [2.24, 2.45) is 0 Å². The van der Waals surface area contributed by atoms with Gasteiger partial charge in [0.05, 0.1) is 5.56 Å². The Labute approximate surface area is 147 Å². The standard InChI is InChI=1S/C19H21ClN2O2/c1-14-5-6-18(23)17(11-14)19(24)22-9-7-21(8-10-22)13-15-3-2-4-16(20)12-15/h2-6,11-12,23H,7-10,13H2,1H3. The molecule has 24 heavy (non-hydrogen) atoms. The van der Waals surface area contributed by atoms with Crippen LogP contribution in [0.3, 0.4) is 0 Å². The van der Waals surface area contributed by atoms with E-state index in [9.17, 15) is 9.90 Å². The van der Waals surface area contributed by atoms with Crippen LogP contribution in [0.25, 0.3) is 0 Å². The van der Waals surface area contributed by atoms with Crippen LogP contribution >= 0.6 is 11.6 Å². The first-order chi connectivity index (χ1) is 11.5. The molecule has 126 valence electrons. The molecule has 5 heteroatoms. The van der Waals surface area contributed by atoms with Gasteiger partial charge >= 0.3 is 0 Å². The van der Waals surface area contributed by atoms with Crippen molar-refractivity contribution in [2.75, 3.05) is 26.2 Å². The first kappa shape index (κ1) is 16.8. The molecule has 0 bridgehead atoms. The number of halogens is 1. The third kappa shape index (κ3) is 3.89. The van der Waals surface area contributed by atoms with Gasteiger partial charge < -0.3 is 10.0 Å². The molecule has 0 atom stereocenters. The molecule has 0 saturated carbocycles. The number of amides is 1. The molecule has 1 aliphatic heterocycles. The van der Waals surface area contributed by atoms with Gasteiger partial charge in [0.1, 0.15) is 5.75 Å². The predicted octanol–water partition coefficient (Wildman–Crippen LogP) is 3.31. The highest BCUT2D eigenvalue weighted by atomic mass is 35.5. The van der Waals surface area contributed by atoms with Gasteiger partial charge in [-0.2, -0.15) is 0 Å². The molecule has 2 aromatic carbocycles. The lowest BCUT2D eigenvalue weighted by molar-refractivity contribution is 0.0625.